The molecule has 0 amide bonds. The summed E-state index contributed by atoms with van der Waals surface area (Å²) in [5.74, 6) is -0.0892. The molecular formula is C17H26FN3. The number of benzene rings is 1. The average Bonchev–Trinajstić information content (AvgIpc) is 3.17. The fourth-order valence-electron chi connectivity index (χ4n) is 3.03. The second-order valence-electron chi connectivity index (χ2n) is 6.36. The Kier molecular flexibility index (Phi) is 4.76. The van der Waals surface area contributed by atoms with Crippen LogP contribution in [0.4, 0.5) is 10.1 Å². The maximum Gasteiger partial charge on any atom is 0.129 e. The smallest absolute Gasteiger partial charge is 0.129 e. The number of anilines is 1. The first kappa shape index (κ1) is 14.8. The number of hydrogen-bond donors (Lipinski definition) is 1. The third-order valence-corrected chi connectivity index (χ3v) is 4.60. The molecule has 1 heterocycles. The van der Waals surface area contributed by atoms with Gasteiger partial charge in [0.05, 0.1) is 0 Å². The molecular weight excluding hydrogens is 265 g/mol. The van der Waals surface area contributed by atoms with Crippen LogP contribution in [0.5, 0.6) is 0 Å². The van der Waals surface area contributed by atoms with Crippen molar-refractivity contribution in [2.24, 2.45) is 0 Å². The Morgan fingerprint density at radius 3 is 2.76 bits per heavy atom. The Balaban J connectivity index is 1.62. The van der Waals surface area contributed by atoms with Crippen LogP contribution in [0.2, 0.25) is 0 Å². The molecule has 3 rings (SSSR count). The van der Waals surface area contributed by atoms with E-state index in [1.807, 2.05) is 12.1 Å². The van der Waals surface area contributed by atoms with E-state index in [-0.39, 0.29) is 5.82 Å². The van der Waals surface area contributed by atoms with Gasteiger partial charge < -0.3 is 15.1 Å². The molecule has 1 N–H and O–H groups in total. The van der Waals surface area contributed by atoms with Crippen LogP contribution in [0.3, 0.4) is 0 Å². The largest absolute Gasteiger partial charge is 0.373 e. The molecule has 21 heavy (non-hydrogen) atoms. The zero-order valence-corrected chi connectivity index (χ0v) is 12.9. The van der Waals surface area contributed by atoms with Crippen LogP contribution in [0, 0.1) is 5.82 Å². The molecule has 2 fully saturated rings. The van der Waals surface area contributed by atoms with E-state index in [1.54, 1.807) is 6.07 Å². The van der Waals surface area contributed by atoms with Gasteiger partial charge in [0, 0.05) is 44.0 Å². The molecule has 1 saturated carbocycles. The van der Waals surface area contributed by atoms with E-state index in [2.05, 4.69) is 22.2 Å². The Morgan fingerprint density at radius 1 is 1.29 bits per heavy atom. The van der Waals surface area contributed by atoms with E-state index in [0.29, 0.717) is 12.6 Å². The second-order valence-corrected chi connectivity index (χ2v) is 6.36. The maximum absolute atomic E-state index is 14.1. The van der Waals surface area contributed by atoms with E-state index in [0.717, 1.165) is 24.3 Å². The minimum Gasteiger partial charge on any atom is -0.373 e. The molecule has 3 nitrogen and oxygen atoms in total. The average molecular weight is 291 g/mol. The van der Waals surface area contributed by atoms with Crippen LogP contribution in [-0.2, 0) is 6.54 Å². The molecule has 0 bridgehead atoms. The molecule has 0 radical (unpaired) electrons. The van der Waals surface area contributed by atoms with Crippen LogP contribution >= 0.6 is 0 Å². The minimum atomic E-state index is -0.0892. The summed E-state index contributed by atoms with van der Waals surface area (Å²) in [6.07, 6.45) is 5.10. The van der Waals surface area contributed by atoms with Crippen molar-refractivity contribution in [1.29, 1.82) is 0 Å². The van der Waals surface area contributed by atoms with Gasteiger partial charge in [-0.15, -0.1) is 0 Å². The second kappa shape index (κ2) is 6.75. The van der Waals surface area contributed by atoms with Gasteiger partial charge in [-0.1, -0.05) is 6.07 Å². The van der Waals surface area contributed by atoms with Crippen LogP contribution in [0.25, 0.3) is 0 Å². The molecule has 0 spiro atoms. The van der Waals surface area contributed by atoms with Crippen LogP contribution in [0.1, 0.15) is 31.2 Å². The highest BCUT2D eigenvalue weighted by molar-refractivity contribution is 5.53. The standard InChI is InChI=1S/C17H26FN3/c1-20(11-12-21-9-2-3-10-21)17-6-4-5-16(18)15(17)13-19-14-7-8-14/h4-6,14,19H,2-3,7-13H2,1H3. The Bertz CT molecular complexity index is 467. The van der Waals surface area contributed by atoms with E-state index in [4.69, 9.17) is 0 Å². The molecule has 1 aliphatic carbocycles. The molecule has 1 aromatic carbocycles. The van der Waals surface area contributed by atoms with Crippen molar-refractivity contribution in [2.45, 2.75) is 38.3 Å². The lowest BCUT2D eigenvalue weighted by Crippen LogP contribution is -2.32. The fraction of sp³-hybridized carbons (Fsp3) is 0.647. The van der Waals surface area contributed by atoms with Crippen molar-refractivity contribution in [3.63, 3.8) is 0 Å². The number of hydrogen-bond acceptors (Lipinski definition) is 3. The molecule has 2 aliphatic rings. The number of likely N-dealkylation sites (tertiary alicyclic amines) is 1. The summed E-state index contributed by atoms with van der Waals surface area (Å²) in [6, 6.07) is 6.03. The van der Waals surface area contributed by atoms with Gasteiger partial charge in [0.1, 0.15) is 5.82 Å². The molecule has 116 valence electrons. The summed E-state index contributed by atoms with van der Waals surface area (Å²) in [5.41, 5.74) is 1.84. The minimum absolute atomic E-state index is 0.0892. The van der Waals surface area contributed by atoms with Crippen molar-refractivity contribution in [3.05, 3.63) is 29.6 Å². The molecule has 1 aromatic rings. The topological polar surface area (TPSA) is 18.5 Å². The first-order chi connectivity index (χ1) is 10.2. The summed E-state index contributed by atoms with van der Waals surface area (Å²) >= 11 is 0. The normalized spacial score (nSPS) is 19.1. The Morgan fingerprint density at radius 2 is 2.05 bits per heavy atom. The number of halogens is 1. The van der Waals surface area contributed by atoms with Crippen molar-refractivity contribution in [1.82, 2.24) is 10.2 Å². The number of rotatable bonds is 7. The van der Waals surface area contributed by atoms with Gasteiger partial charge in [0.15, 0.2) is 0 Å². The van der Waals surface area contributed by atoms with E-state index >= 15 is 0 Å². The van der Waals surface area contributed by atoms with Gasteiger partial charge in [-0.05, 0) is 50.9 Å². The number of nitrogens with one attached hydrogen (secondary N) is 1. The predicted molar refractivity (Wildman–Crippen MR) is 85.2 cm³/mol. The van der Waals surface area contributed by atoms with Gasteiger partial charge in [0.2, 0.25) is 0 Å². The van der Waals surface area contributed by atoms with Crippen molar-refractivity contribution < 1.29 is 4.39 Å². The number of nitrogens with zero attached hydrogens (tertiary/aromatic N) is 2. The summed E-state index contributed by atoms with van der Waals surface area (Å²) < 4.78 is 14.1. The summed E-state index contributed by atoms with van der Waals surface area (Å²) in [7, 11) is 2.07. The fourth-order valence-corrected chi connectivity index (χ4v) is 3.03. The first-order valence-electron chi connectivity index (χ1n) is 8.18. The third kappa shape index (κ3) is 3.95. The molecule has 0 atom stereocenters. The Hall–Kier alpha value is -1.13. The maximum atomic E-state index is 14.1. The highest BCUT2D eigenvalue weighted by atomic mass is 19.1. The zero-order valence-electron chi connectivity index (χ0n) is 12.9. The van der Waals surface area contributed by atoms with Gasteiger partial charge in [-0.3, -0.25) is 0 Å². The summed E-state index contributed by atoms with van der Waals surface area (Å²) in [5, 5.41) is 3.43. The summed E-state index contributed by atoms with van der Waals surface area (Å²) in [4.78, 5) is 4.70. The van der Waals surface area contributed by atoms with E-state index in [9.17, 15) is 4.39 Å². The molecule has 1 aliphatic heterocycles. The van der Waals surface area contributed by atoms with Gasteiger partial charge in [-0.2, -0.15) is 0 Å². The SMILES string of the molecule is CN(CCN1CCCC1)c1cccc(F)c1CNC1CC1. The van der Waals surface area contributed by atoms with Crippen LogP contribution in [0.15, 0.2) is 18.2 Å². The first-order valence-corrected chi connectivity index (χ1v) is 8.18. The van der Waals surface area contributed by atoms with Crippen molar-refractivity contribution in [3.8, 4) is 0 Å². The van der Waals surface area contributed by atoms with Gasteiger partial charge >= 0.3 is 0 Å². The van der Waals surface area contributed by atoms with Crippen LogP contribution < -0.4 is 10.2 Å². The van der Waals surface area contributed by atoms with Gasteiger partial charge in [-0.25, -0.2) is 4.39 Å². The monoisotopic (exact) mass is 291 g/mol. The lowest BCUT2D eigenvalue weighted by Gasteiger charge is -2.25. The Labute approximate surface area is 127 Å². The molecule has 4 heteroatoms. The quantitative estimate of drug-likeness (QED) is 0.833. The predicted octanol–water partition coefficient (Wildman–Crippen LogP) is 2.61. The highest BCUT2D eigenvalue weighted by Crippen LogP contribution is 2.25. The molecule has 0 unspecified atom stereocenters. The van der Waals surface area contributed by atoms with E-state index < -0.39 is 0 Å². The zero-order chi connectivity index (χ0) is 14.7. The van der Waals surface area contributed by atoms with Crippen molar-refractivity contribution >= 4 is 5.69 Å². The third-order valence-electron chi connectivity index (χ3n) is 4.60. The number of likely N-dealkylation sites (N-methyl/N-ethyl adjacent to an activating group) is 1. The summed E-state index contributed by atoms with van der Waals surface area (Å²) in [6.45, 7) is 5.10. The van der Waals surface area contributed by atoms with Crippen molar-refractivity contribution in [2.75, 3.05) is 38.1 Å². The highest BCUT2D eigenvalue weighted by Gasteiger charge is 2.22. The van der Waals surface area contributed by atoms with Gasteiger partial charge in [0.25, 0.3) is 0 Å². The lowest BCUT2D eigenvalue weighted by atomic mass is 10.1. The van der Waals surface area contributed by atoms with Crippen LogP contribution in [-0.4, -0.2) is 44.2 Å². The van der Waals surface area contributed by atoms with E-state index in [1.165, 1.54) is 38.8 Å². The molecule has 1 saturated heterocycles. The lowest BCUT2D eigenvalue weighted by molar-refractivity contribution is 0.346. The molecule has 0 aromatic heterocycles.